The lowest BCUT2D eigenvalue weighted by Gasteiger charge is -2.02. The predicted octanol–water partition coefficient (Wildman–Crippen LogP) is 1.01. The Balaban J connectivity index is 3.05. The molecule has 70 valence electrons. The van der Waals surface area contributed by atoms with Crippen molar-refractivity contribution >= 4 is 17.6 Å². The molecule has 0 aliphatic rings. The van der Waals surface area contributed by atoms with Crippen LogP contribution in [0.3, 0.4) is 0 Å². The largest absolute Gasteiger partial charge is 0.465 e. The van der Waals surface area contributed by atoms with Crippen LogP contribution in [0, 0.1) is 0 Å². The van der Waals surface area contributed by atoms with Crippen molar-refractivity contribution in [3.8, 4) is 0 Å². The van der Waals surface area contributed by atoms with Gasteiger partial charge in [0.05, 0.1) is 25.0 Å². The summed E-state index contributed by atoms with van der Waals surface area (Å²) in [5.74, 6) is -0.540. The van der Waals surface area contributed by atoms with Crippen molar-refractivity contribution in [1.82, 2.24) is 4.98 Å². The molecule has 1 N–H and O–H groups in total. The van der Waals surface area contributed by atoms with Crippen molar-refractivity contribution in [1.29, 1.82) is 0 Å². The number of aliphatic hydroxyl groups excluding tert-OH is 1. The SMILES string of the molecule is COC(=O)c1ccc(CO)nc1Cl. The number of ether oxygens (including phenoxy) is 1. The molecular formula is C8H8ClNO3. The van der Waals surface area contributed by atoms with Crippen molar-refractivity contribution in [3.63, 3.8) is 0 Å². The maximum absolute atomic E-state index is 11.0. The van der Waals surface area contributed by atoms with E-state index in [2.05, 4.69) is 9.72 Å². The Morgan fingerprint density at radius 1 is 1.69 bits per heavy atom. The molecule has 1 rings (SSSR count). The minimum atomic E-state index is -0.540. The van der Waals surface area contributed by atoms with E-state index in [4.69, 9.17) is 16.7 Å². The van der Waals surface area contributed by atoms with Crippen LogP contribution < -0.4 is 0 Å². The van der Waals surface area contributed by atoms with Gasteiger partial charge >= 0.3 is 5.97 Å². The van der Waals surface area contributed by atoms with Gasteiger partial charge in [0.15, 0.2) is 0 Å². The van der Waals surface area contributed by atoms with Crippen LogP contribution in [0.1, 0.15) is 16.1 Å². The first kappa shape index (κ1) is 9.95. The molecule has 0 aliphatic heterocycles. The smallest absolute Gasteiger partial charge is 0.341 e. The van der Waals surface area contributed by atoms with Gasteiger partial charge in [-0.3, -0.25) is 0 Å². The first-order valence-electron chi connectivity index (χ1n) is 3.53. The number of carbonyl (C=O) groups excluding carboxylic acids is 1. The standard InChI is InChI=1S/C8H8ClNO3/c1-13-8(12)6-3-2-5(4-11)10-7(6)9/h2-3,11H,4H2,1H3. The summed E-state index contributed by atoms with van der Waals surface area (Å²) in [5, 5.41) is 8.75. The van der Waals surface area contributed by atoms with E-state index in [-0.39, 0.29) is 17.3 Å². The van der Waals surface area contributed by atoms with Gasteiger partial charge in [0.25, 0.3) is 0 Å². The average molecular weight is 202 g/mol. The van der Waals surface area contributed by atoms with Crippen LogP contribution in [0.15, 0.2) is 12.1 Å². The van der Waals surface area contributed by atoms with Crippen LogP contribution in [0.5, 0.6) is 0 Å². The number of carbonyl (C=O) groups is 1. The van der Waals surface area contributed by atoms with Crippen LogP contribution in [0.4, 0.5) is 0 Å². The zero-order chi connectivity index (χ0) is 9.84. The van der Waals surface area contributed by atoms with E-state index in [1.807, 2.05) is 0 Å². The van der Waals surface area contributed by atoms with Crippen LogP contribution in [-0.2, 0) is 11.3 Å². The second-order valence-corrected chi connectivity index (χ2v) is 2.65. The summed E-state index contributed by atoms with van der Waals surface area (Å²) in [6.07, 6.45) is 0. The summed E-state index contributed by atoms with van der Waals surface area (Å²) >= 11 is 5.66. The lowest BCUT2D eigenvalue weighted by Crippen LogP contribution is -2.04. The monoisotopic (exact) mass is 201 g/mol. The van der Waals surface area contributed by atoms with Crippen molar-refractivity contribution in [3.05, 3.63) is 28.5 Å². The number of methoxy groups -OCH3 is 1. The van der Waals surface area contributed by atoms with Gasteiger partial charge in [0.1, 0.15) is 5.15 Å². The first-order valence-corrected chi connectivity index (χ1v) is 3.91. The number of rotatable bonds is 2. The molecule has 0 amide bonds. The molecule has 1 aromatic rings. The second kappa shape index (κ2) is 4.20. The van der Waals surface area contributed by atoms with Crippen LogP contribution >= 0.6 is 11.6 Å². The highest BCUT2D eigenvalue weighted by Crippen LogP contribution is 2.14. The molecule has 0 radical (unpaired) electrons. The van der Waals surface area contributed by atoms with Gasteiger partial charge in [-0.1, -0.05) is 11.6 Å². The molecule has 0 saturated heterocycles. The van der Waals surface area contributed by atoms with Crippen LogP contribution in [0.25, 0.3) is 0 Å². The van der Waals surface area contributed by atoms with Gasteiger partial charge in [-0.05, 0) is 12.1 Å². The number of aliphatic hydroxyl groups is 1. The van der Waals surface area contributed by atoms with E-state index in [0.717, 1.165) is 0 Å². The molecule has 5 heteroatoms. The fourth-order valence-electron chi connectivity index (χ4n) is 0.822. The Morgan fingerprint density at radius 2 is 2.38 bits per heavy atom. The Kier molecular flexibility index (Phi) is 3.22. The summed E-state index contributed by atoms with van der Waals surface area (Å²) in [6.45, 7) is -0.207. The molecule has 0 aromatic carbocycles. The summed E-state index contributed by atoms with van der Waals surface area (Å²) in [6, 6.07) is 2.98. The fraction of sp³-hybridized carbons (Fsp3) is 0.250. The van der Waals surface area contributed by atoms with Crippen LogP contribution in [0.2, 0.25) is 5.15 Å². The van der Waals surface area contributed by atoms with E-state index < -0.39 is 5.97 Å². The van der Waals surface area contributed by atoms with Gasteiger partial charge in [-0.25, -0.2) is 9.78 Å². The number of halogens is 1. The number of aromatic nitrogens is 1. The molecule has 0 spiro atoms. The lowest BCUT2D eigenvalue weighted by molar-refractivity contribution is 0.0600. The molecule has 1 heterocycles. The highest BCUT2D eigenvalue weighted by atomic mass is 35.5. The molecule has 13 heavy (non-hydrogen) atoms. The van der Waals surface area contributed by atoms with E-state index >= 15 is 0 Å². The Morgan fingerprint density at radius 3 is 2.85 bits per heavy atom. The zero-order valence-corrected chi connectivity index (χ0v) is 7.71. The maximum Gasteiger partial charge on any atom is 0.341 e. The Hall–Kier alpha value is -1.13. The van der Waals surface area contributed by atoms with Gasteiger partial charge in [0, 0.05) is 0 Å². The molecule has 4 nitrogen and oxygen atoms in total. The number of pyridine rings is 1. The van der Waals surface area contributed by atoms with Crippen molar-refractivity contribution in [2.24, 2.45) is 0 Å². The predicted molar refractivity (Wildman–Crippen MR) is 46.5 cm³/mol. The minimum absolute atomic E-state index is 0.0402. The lowest BCUT2D eigenvalue weighted by atomic mass is 10.2. The third-order valence-corrected chi connectivity index (χ3v) is 1.76. The fourth-order valence-corrected chi connectivity index (χ4v) is 1.07. The van der Waals surface area contributed by atoms with Crippen molar-refractivity contribution < 1.29 is 14.6 Å². The molecule has 0 aliphatic carbocycles. The highest BCUT2D eigenvalue weighted by Gasteiger charge is 2.11. The van der Waals surface area contributed by atoms with Crippen molar-refractivity contribution in [2.75, 3.05) is 7.11 Å². The zero-order valence-electron chi connectivity index (χ0n) is 6.95. The molecular weight excluding hydrogens is 194 g/mol. The Labute approximate surface area is 80.1 Å². The summed E-state index contributed by atoms with van der Waals surface area (Å²) in [4.78, 5) is 14.8. The topological polar surface area (TPSA) is 59.4 Å². The minimum Gasteiger partial charge on any atom is -0.465 e. The van der Waals surface area contributed by atoms with E-state index in [1.165, 1.54) is 19.2 Å². The highest BCUT2D eigenvalue weighted by molar-refractivity contribution is 6.32. The summed E-state index contributed by atoms with van der Waals surface area (Å²) in [7, 11) is 1.26. The molecule has 0 saturated carbocycles. The molecule has 0 unspecified atom stereocenters. The number of hydrogen-bond donors (Lipinski definition) is 1. The third-order valence-electron chi connectivity index (χ3n) is 1.47. The van der Waals surface area contributed by atoms with E-state index in [1.54, 1.807) is 0 Å². The molecule has 0 fully saturated rings. The van der Waals surface area contributed by atoms with E-state index in [0.29, 0.717) is 5.69 Å². The number of hydrogen-bond acceptors (Lipinski definition) is 4. The number of nitrogens with zero attached hydrogens (tertiary/aromatic N) is 1. The van der Waals surface area contributed by atoms with Crippen molar-refractivity contribution in [2.45, 2.75) is 6.61 Å². The van der Waals surface area contributed by atoms with Gasteiger partial charge in [-0.15, -0.1) is 0 Å². The molecule has 0 bridgehead atoms. The summed E-state index contributed by atoms with van der Waals surface area (Å²) in [5.41, 5.74) is 0.610. The third kappa shape index (κ3) is 2.17. The van der Waals surface area contributed by atoms with Gasteiger partial charge in [-0.2, -0.15) is 0 Å². The molecule has 0 atom stereocenters. The maximum atomic E-state index is 11.0. The average Bonchev–Trinajstić information content (AvgIpc) is 2.16. The molecule has 1 aromatic heterocycles. The van der Waals surface area contributed by atoms with Crippen LogP contribution in [-0.4, -0.2) is 23.2 Å². The second-order valence-electron chi connectivity index (χ2n) is 2.29. The van der Waals surface area contributed by atoms with Gasteiger partial charge < -0.3 is 9.84 Å². The normalized spacial score (nSPS) is 9.77. The first-order chi connectivity index (χ1) is 6.19. The number of esters is 1. The van der Waals surface area contributed by atoms with Gasteiger partial charge in [0.2, 0.25) is 0 Å². The Bertz CT molecular complexity index is 327. The van der Waals surface area contributed by atoms with E-state index in [9.17, 15) is 4.79 Å². The summed E-state index contributed by atoms with van der Waals surface area (Å²) < 4.78 is 4.46. The quantitative estimate of drug-likeness (QED) is 0.573.